The van der Waals surface area contributed by atoms with Crippen LogP contribution < -0.4 is 0 Å². The third-order valence-corrected chi connectivity index (χ3v) is 5.83. The van der Waals surface area contributed by atoms with Gasteiger partial charge < -0.3 is 5.11 Å². The van der Waals surface area contributed by atoms with Gasteiger partial charge in [-0.25, -0.2) is 0 Å². The fourth-order valence-corrected chi connectivity index (χ4v) is 4.03. The van der Waals surface area contributed by atoms with E-state index in [-0.39, 0.29) is 0 Å². The van der Waals surface area contributed by atoms with Crippen molar-refractivity contribution in [3.63, 3.8) is 0 Å². The van der Waals surface area contributed by atoms with E-state index in [4.69, 9.17) is 5.11 Å². The lowest BCUT2D eigenvalue weighted by molar-refractivity contribution is 0.296. The number of hydrogen-bond acceptors (Lipinski definition) is 2. The van der Waals surface area contributed by atoms with Crippen molar-refractivity contribution >= 4 is 19.8 Å². The summed E-state index contributed by atoms with van der Waals surface area (Å²) in [5.74, 6) is 5.77. The van der Waals surface area contributed by atoms with Gasteiger partial charge in [0.25, 0.3) is 0 Å². The van der Waals surface area contributed by atoms with E-state index in [0.717, 1.165) is 18.6 Å². The number of rotatable bonds is 15. The summed E-state index contributed by atoms with van der Waals surface area (Å²) >= 11 is 1.99. The summed E-state index contributed by atoms with van der Waals surface area (Å²) in [7, 11) is -1.14. The molecule has 1 N–H and O–H groups in total. The zero-order chi connectivity index (χ0) is 17.2. The molecular formula is C20H40OSSi. The molecule has 0 aromatic rings. The summed E-state index contributed by atoms with van der Waals surface area (Å²) in [5.41, 5.74) is 3.45. The molecule has 3 heteroatoms. The van der Waals surface area contributed by atoms with Gasteiger partial charge in [-0.3, -0.25) is 0 Å². The van der Waals surface area contributed by atoms with Gasteiger partial charge in [-0.15, -0.1) is 11.5 Å². The molecule has 0 radical (unpaired) electrons. The molecule has 0 heterocycles. The van der Waals surface area contributed by atoms with Gasteiger partial charge in [0.1, 0.15) is 8.07 Å². The quantitative estimate of drug-likeness (QED) is 0.212. The third-order valence-electron chi connectivity index (χ3n) is 3.75. The average molecular weight is 357 g/mol. The topological polar surface area (TPSA) is 20.2 Å². The lowest BCUT2D eigenvalue weighted by atomic mass is 10.1. The molecule has 0 aliphatic carbocycles. The molecular weight excluding hydrogens is 316 g/mol. The molecule has 0 spiro atoms. The van der Waals surface area contributed by atoms with E-state index in [2.05, 4.69) is 31.1 Å². The van der Waals surface area contributed by atoms with Crippen LogP contribution in [0.5, 0.6) is 0 Å². The van der Waals surface area contributed by atoms with Gasteiger partial charge in [0.2, 0.25) is 0 Å². The van der Waals surface area contributed by atoms with Crippen LogP contribution in [0.2, 0.25) is 19.6 Å². The first-order valence-corrected chi connectivity index (χ1v) is 14.4. The molecule has 0 aromatic carbocycles. The number of aliphatic hydroxyl groups excluding tert-OH is 1. The Hall–Kier alpha value is 0.0869. The van der Waals surface area contributed by atoms with Crippen molar-refractivity contribution in [2.24, 2.45) is 0 Å². The predicted octanol–water partition coefficient (Wildman–Crippen LogP) is 6.27. The second-order valence-electron chi connectivity index (χ2n) is 7.53. The van der Waals surface area contributed by atoms with Crippen molar-refractivity contribution in [1.29, 1.82) is 0 Å². The number of unbranched alkanes of at least 4 members (excludes halogenated alkanes) is 10. The molecule has 0 rings (SSSR count). The number of hydrogen-bond donors (Lipinski definition) is 1. The standard InChI is InChI=1S/C20H40OSSi/c1-23(2,3)20-15-13-11-9-7-5-4-6-8-10-12-14-18-22-19-16-17-21/h21H,4-14,16-19H2,1-3H3. The lowest BCUT2D eigenvalue weighted by Crippen LogP contribution is -2.16. The maximum Gasteiger partial charge on any atom is 0.129 e. The summed E-state index contributed by atoms with van der Waals surface area (Å²) in [6.07, 6.45) is 16.0. The Morgan fingerprint density at radius 2 is 1.17 bits per heavy atom. The molecule has 0 unspecified atom stereocenters. The second-order valence-corrected chi connectivity index (χ2v) is 13.5. The Balaban J connectivity index is 3.09. The molecule has 0 fully saturated rings. The first-order chi connectivity index (χ1) is 11.1. The maximum atomic E-state index is 8.69. The molecule has 0 bridgehead atoms. The Kier molecular flexibility index (Phi) is 17.0. The Morgan fingerprint density at radius 3 is 1.70 bits per heavy atom. The molecule has 0 saturated carbocycles. The minimum Gasteiger partial charge on any atom is -0.396 e. The van der Waals surface area contributed by atoms with Gasteiger partial charge in [-0.1, -0.05) is 71.0 Å². The van der Waals surface area contributed by atoms with Crippen LogP contribution in [0.1, 0.15) is 77.0 Å². The van der Waals surface area contributed by atoms with E-state index in [1.165, 1.54) is 70.0 Å². The van der Waals surface area contributed by atoms with Crippen molar-refractivity contribution in [2.45, 2.75) is 96.7 Å². The van der Waals surface area contributed by atoms with Crippen LogP contribution in [0.25, 0.3) is 0 Å². The van der Waals surface area contributed by atoms with Crippen LogP contribution in [0.4, 0.5) is 0 Å². The van der Waals surface area contributed by atoms with E-state index in [0.29, 0.717) is 6.61 Å². The van der Waals surface area contributed by atoms with Crippen LogP contribution in [-0.4, -0.2) is 31.3 Å². The zero-order valence-corrected chi connectivity index (χ0v) is 17.8. The minimum absolute atomic E-state index is 0.346. The lowest BCUT2D eigenvalue weighted by Gasteiger charge is -2.04. The Labute approximate surface area is 151 Å². The summed E-state index contributed by atoms with van der Waals surface area (Å²) < 4.78 is 0. The molecule has 136 valence electrons. The zero-order valence-electron chi connectivity index (χ0n) is 16.0. The highest BCUT2D eigenvalue weighted by atomic mass is 32.2. The molecule has 0 atom stereocenters. The van der Waals surface area contributed by atoms with Crippen molar-refractivity contribution in [3.05, 3.63) is 0 Å². The van der Waals surface area contributed by atoms with Gasteiger partial charge in [0, 0.05) is 13.0 Å². The summed E-state index contributed by atoms with van der Waals surface area (Å²) in [6, 6.07) is 0. The minimum atomic E-state index is -1.14. The highest BCUT2D eigenvalue weighted by Gasteiger charge is 2.06. The van der Waals surface area contributed by atoms with Gasteiger partial charge in [-0.2, -0.15) is 11.8 Å². The largest absolute Gasteiger partial charge is 0.396 e. The van der Waals surface area contributed by atoms with Crippen LogP contribution in [0, 0.1) is 11.5 Å². The third kappa shape index (κ3) is 22.1. The van der Waals surface area contributed by atoms with Crippen molar-refractivity contribution in [1.82, 2.24) is 0 Å². The summed E-state index contributed by atoms with van der Waals surface area (Å²) in [5, 5.41) is 8.69. The van der Waals surface area contributed by atoms with Crippen LogP contribution >= 0.6 is 11.8 Å². The van der Waals surface area contributed by atoms with E-state index in [1.807, 2.05) is 11.8 Å². The van der Waals surface area contributed by atoms with Crippen molar-refractivity contribution < 1.29 is 5.11 Å². The molecule has 0 saturated heterocycles. The molecule has 1 nitrogen and oxygen atoms in total. The monoisotopic (exact) mass is 356 g/mol. The van der Waals surface area contributed by atoms with E-state index in [1.54, 1.807) is 0 Å². The van der Waals surface area contributed by atoms with Crippen molar-refractivity contribution in [2.75, 3.05) is 18.1 Å². The van der Waals surface area contributed by atoms with E-state index in [9.17, 15) is 0 Å². The molecule has 0 amide bonds. The van der Waals surface area contributed by atoms with Crippen LogP contribution in [-0.2, 0) is 0 Å². The van der Waals surface area contributed by atoms with Gasteiger partial charge >= 0.3 is 0 Å². The first-order valence-electron chi connectivity index (χ1n) is 9.75. The average Bonchev–Trinajstić information content (AvgIpc) is 2.49. The van der Waals surface area contributed by atoms with Crippen LogP contribution in [0.15, 0.2) is 0 Å². The second kappa shape index (κ2) is 16.9. The number of aliphatic hydroxyl groups is 1. The summed E-state index contributed by atoms with van der Waals surface area (Å²) in [6.45, 7) is 7.29. The Bertz CT molecular complexity index is 301. The molecule has 0 aliphatic heterocycles. The smallest absolute Gasteiger partial charge is 0.129 e. The normalized spacial score (nSPS) is 11.3. The van der Waals surface area contributed by atoms with E-state index >= 15 is 0 Å². The van der Waals surface area contributed by atoms with Gasteiger partial charge in [0.15, 0.2) is 0 Å². The Morgan fingerprint density at radius 1 is 0.696 bits per heavy atom. The highest BCUT2D eigenvalue weighted by Crippen LogP contribution is 2.13. The van der Waals surface area contributed by atoms with Crippen LogP contribution in [0.3, 0.4) is 0 Å². The first kappa shape index (κ1) is 23.1. The predicted molar refractivity (Wildman–Crippen MR) is 111 cm³/mol. The highest BCUT2D eigenvalue weighted by molar-refractivity contribution is 7.99. The molecule has 23 heavy (non-hydrogen) atoms. The summed E-state index contributed by atoms with van der Waals surface area (Å²) in [4.78, 5) is 0. The van der Waals surface area contributed by atoms with Gasteiger partial charge in [0.05, 0.1) is 0 Å². The maximum absolute atomic E-state index is 8.69. The SMILES string of the molecule is C[Si](C)(C)C#CCCCCCCCCCCCCSCCCO. The van der Waals surface area contributed by atoms with Gasteiger partial charge in [-0.05, 0) is 30.8 Å². The van der Waals surface area contributed by atoms with Crippen molar-refractivity contribution in [3.8, 4) is 11.5 Å². The molecule has 0 aromatic heterocycles. The van der Waals surface area contributed by atoms with E-state index < -0.39 is 8.07 Å². The fraction of sp³-hybridized carbons (Fsp3) is 0.900. The number of thioether (sulfide) groups is 1. The molecule has 0 aliphatic rings. The fourth-order valence-electron chi connectivity index (χ4n) is 2.43.